The molecule has 1 amide bonds. The van der Waals surface area contributed by atoms with E-state index >= 15 is 0 Å². The second-order valence-electron chi connectivity index (χ2n) is 7.71. The maximum absolute atomic E-state index is 12.5. The molecule has 1 N–H and O–H groups in total. The SMILES string of the molecule is COc1ccc(CCNC(=O)/C(C#N)=C\N2CCN(c3cccc(C)c3)CC2)cc1OC. The number of hydrogen-bond acceptors (Lipinski definition) is 6. The van der Waals surface area contributed by atoms with Gasteiger partial charge in [0.05, 0.1) is 14.2 Å². The number of nitrogens with zero attached hydrogens (tertiary/aromatic N) is 3. The topological polar surface area (TPSA) is 77.8 Å². The largest absolute Gasteiger partial charge is 0.493 e. The molecule has 1 heterocycles. The Morgan fingerprint density at radius 3 is 2.50 bits per heavy atom. The van der Waals surface area contributed by atoms with Gasteiger partial charge in [0.25, 0.3) is 5.91 Å². The van der Waals surface area contributed by atoms with Crippen molar-refractivity contribution in [2.75, 3.05) is 51.8 Å². The number of ether oxygens (including phenoxy) is 2. The van der Waals surface area contributed by atoms with E-state index in [0.29, 0.717) is 24.5 Å². The van der Waals surface area contributed by atoms with Crippen LogP contribution in [0.25, 0.3) is 0 Å². The summed E-state index contributed by atoms with van der Waals surface area (Å²) >= 11 is 0. The van der Waals surface area contributed by atoms with E-state index in [4.69, 9.17) is 9.47 Å². The number of benzene rings is 2. The molecule has 0 unspecified atom stereocenters. The van der Waals surface area contributed by atoms with Crippen molar-refractivity contribution in [2.45, 2.75) is 13.3 Å². The van der Waals surface area contributed by atoms with E-state index in [-0.39, 0.29) is 11.5 Å². The average molecular weight is 435 g/mol. The van der Waals surface area contributed by atoms with Gasteiger partial charge in [0.2, 0.25) is 0 Å². The monoisotopic (exact) mass is 434 g/mol. The van der Waals surface area contributed by atoms with E-state index in [1.165, 1.54) is 11.3 Å². The van der Waals surface area contributed by atoms with Gasteiger partial charge in [0.15, 0.2) is 11.5 Å². The van der Waals surface area contributed by atoms with Gasteiger partial charge in [-0.25, -0.2) is 0 Å². The molecule has 0 bridgehead atoms. The predicted octanol–water partition coefficient (Wildman–Crippen LogP) is 2.90. The van der Waals surface area contributed by atoms with Crippen molar-refractivity contribution in [1.82, 2.24) is 10.2 Å². The average Bonchev–Trinajstić information content (AvgIpc) is 2.82. The standard InChI is InChI=1S/C25H30N4O3/c1-19-5-4-6-22(15-19)29-13-11-28(12-14-29)18-21(17-26)25(30)27-10-9-20-7-8-23(31-2)24(16-20)32-3/h4-8,15-16,18H,9-14H2,1-3H3,(H,27,30)/b21-18-. The van der Waals surface area contributed by atoms with Crippen LogP contribution in [0.3, 0.4) is 0 Å². The third kappa shape index (κ3) is 5.94. The number of carbonyl (C=O) groups is 1. The van der Waals surface area contributed by atoms with Crippen LogP contribution in [0.4, 0.5) is 5.69 Å². The number of aryl methyl sites for hydroxylation is 1. The normalized spacial score (nSPS) is 14.0. The van der Waals surface area contributed by atoms with Crippen molar-refractivity contribution in [3.8, 4) is 17.6 Å². The molecule has 0 radical (unpaired) electrons. The molecular weight excluding hydrogens is 404 g/mol. The number of anilines is 1. The van der Waals surface area contributed by atoms with Crippen LogP contribution in [-0.2, 0) is 11.2 Å². The molecule has 3 rings (SSSR count). The molecule has 32 heavy (non-hydrogen) atoms. The van der Waals surface area contributed by atoms with Gasteiger partial charge in [0.1, 0.15) is 11.6 Å². The smallest absolute Gasteiger partial charge is 0.263 e. The van der Waals surface area contributed by atoms with Crippen LogP contribution in [0, 0.1) is 18.3 Å². The van der Waals surface area contributed by atoms with E-state index in [0.717, 1.165) is 31.7 Å². The van der Waals surface area contributed by atoms with Crippen molar-refractivity contribution in [3.05, 3.63) is 65.4 Å². The Morgan fingerprint density at radius 2 is 1.84 bits per heavy atom. The number of hydrogen-bond donors (Lipinski definition) is 1. The Morgan fingerprint density at radius 1 is 1.09 bits per heavy atom. The van der Waals surface area contributed by atoms with Crippen LogP contribution >= 0.6 is 0 Å². The lowest BCUT2D eigenvalue weighted by Gasteiger charge is -2.35. The minimum Gasteiger partial charge on any atom is -0.493 e. The summed E-state index contributed by atoms with van der Waals surface area (Å²) in [6.07, 6.45) is 2.30. The van der Waals surface area contributed by atoms with Crippen LogP contribution < -0.4 is 19.7 Å². The molecule has 1 fully saturated rings. The molecule has 1 saturated heterocycles. The van der Waals surface area contributed by atoms with Gasteiger partial charge >= 0.3 is 0 Å². The van der Waals surface area contributed by atoms with Crippen LogP contribution in [-0.4, -0.2) is 57.8 Å². The molecule has 0 saturated carbocycles. The van der Waals surface area contributed by atoms with Gasteiger partial charge in [0, 0.05) is 44.6 Å². The number of rotatable bonds is 8. The molecule has 0 aliphatic carbocycles. The molecular formula is C25H30N4O3. The van der Waals surface area contributed by atoms with Crippen LogP contribution in [0.2, 0.25) is 0 Å². The fourth-order valence-electron chi connectivity index (χ4n) is 3.71. The molecule has 7 heteroatoms. The Balaban J connectivity index is 1.51. The molecule has 1 aliphatic rings. The van der Waals surface area contributed by atoms with E-state index < -0.39 is 0 Å². The maximum Gasteiger partial charge on any atom is 0.263 e. The summed E-state index contributed by atoms with van der Waals surface area (Å²) in [6, 6.07) is 16.2. The van der Waals surface area contributed by atoms with Gasteiger partial charge in [-0.2, -0.15) is 5.26 Å². The summed E-state index contributed by atoms with van der Waals surface area (Å²) in [5.41, 5.74) is 3.59. The molecule has 2 aromatic carbocycles. The Labute approximate surface area is 189 Å². The zero-order valence-electron chi connectivity index (χ0n) is 18.9. The predicted molar refractivity (Wildman–Crippen MR) is 125 cm³/mol. The fraction of sp³-hybridized carbons (Fsp3) is 0.360. The molecule has 168 valence electrons. The number of nitriles is 1. The van der Waals surface area contributed by atoms with Gasteiger partial charge in [-0.1, -0.05) is 18.2 Å². The number of methoxy groups -OCH3 is 2. The number of amides is 1. The maximum atomic E-state index is 12.5. The first-order chi connectivity index (χ1) is 15.5. The molecule has 1 aliphatic heterocycles. The Kier molecular flexibility index (Phi) is 7.98. The summed E-state index contributed by atoms with van der Waals surface area (Å²) in [5.74, 6) is 0.963. The van der Waals surface area contributed by atoms with Crippen LogP contribution in [0.1, 0.15) is 11.1 Å². The Bertz CT molecular complexity index is 1000. The second kappa shape index (κ2) is 11.1. The van der Waals surface area contributed by atoms with Gasteiger partial charge in [-0.05, 0) is 48.7 Å². The third-order valence-electron chi connectivity index (χ3n) is 5.51. The van der Waals surface area contributed by atoms with Crippen LogP contribution in [0.5, 0.6) is 11.5 Å². The van der Waals surface area contributed by atoms with Gasteiger partial charge < -0.3 is 24.6 Å². The molecule has 0 aromatic heterocycles. The van der Waals surface area contributed by atoms with Gasteiger partial charge in [-0.3, -0.25) is 4.79 Å². The van der Waals surface area contributed by atoms with Crippen LogP contribution in [0.15, 0.2) is 54.2 Å². The highest BCUT2D eigenvalue weighted by atomic mass is 16.5. The Hall–Kier alpha value is -3.66. The van der Waals surface area contributed by atoms with E-state index in [1.807, 2.05) is 29.2 Å². The van der Waals surface area contributed by atoms with E-state index in [2.05, 4.69) is 41.4 Å². The summed E-state index contributed by atoms with van der Waals surface area (Å²) < 4.78 is 10.6. The molecule has 7 nitrogen and oxygen atoms in total. The minimum absolute atomic E-state index is 0.126. The summed E-state index contributed by atoms with van der Waals surface area (Å²) in [5, 5.41) is 12.3. The highest BCUT2D eigenvalue weighted by Gasteiger charge is 2.17. The highest BCUT2D eigenvalue weighted by Crippen LogP contribution is 2.27. The number of piperazine rings is 1. The first-order valence-corrected chi connectivity index (χ1v) is 10.7. The van der Waals surface area contributed by atoms with Crippen molar-refractivity contribution in [2.24, 2.45) is 0 Å². The molecule has 2 aromatic rings. The van der Waals surface area contributed by atoms with Crippen molar-refractivity contribution in [3.63, 3.8) is 0 Å². The molecule has 0 atom stereocenters. The number of carbonyl (C=O) groups excluding carboxylic acids is 1. The fourth-order valence-corrected chi connectivity index (χ4v) is 3.71. The van der Waals surface area contributed by atoms with Gasteiger partial charge in [-0.15, -0.1) is 0 Å². The lowest BCUT2D eigenvalue weighted by atomic mass is 10.1. The first kappa shape index (κ1) is 23.0. The number of nitrogens with one attached hydrogen (secondary N) is 1. The highest BCUT2D eigenvalue weighted by molar-refractivity contribution is 5.97. The summed E-state index contributed by atoms with van der Waals surface area (Å²) in [7, 11) is 3.18. The lowest BCUT2D eigenvalue weighted by Crippen LogP contribution is -2.44. The first-order valence-electron chi connectivity index (χ1n) is 10.7. The van der Waals surface area contributed by atoms with E-state index in [1.54, 1.807) is 20.4 Å². The summed E-state index contributed by atoms with van der Waals surface area (Å²) in [4.78, 5) is 16.9. The zero-order valence-corrected chi connectivity index (χ0v) is 18.9. The zero-order chi connectivity index (χ0) is 22.9. The van der Waals surface area contributed by atoms with Crippen molar-refractivity contribution in [1.29, 1.82) is 5.26 Å². The van der Waals surface area contributed by atoms with E-state index in [9.17, 15) is 10.1 Å². The quantitative estimate of drug-likeness (QED) is 0.509. The lowest BCUT2D eigenvalue weighted by molar-refractivity contribution is -0.117. The summed E-state index contributed by atoms with van der Waals surface area (Å²) in [6.45, 7) is 5.73. The minimum atomic E-state index is -0.353. The van der Waals surface area contributed by atoms with Crippen molar-refractivity contribution >= 4 is 11.6 Å². The molecule has 0 spiro atoms. The second-order valence-corrected chi connectivity index (χ2v) is 7.71. The van der Waals surface area contributed by atoms with Crippen molar-refractivity contribution < 1.29 is 14.3 Å². The third-order valence-corrected chi connectivity index (χ3v) is 5.51.